The number of aromatic nitrogens is 2. The topological polar surface area (TPSA) is 73.6 Å². The molecule has 1 fully saturated rings. The van der Waals surface area contributed by atoms with Crippen LogP contribution in [-0.4, -0.2) is 27.7 Å². The fraction of sp³-hybridized carbons (Fsp3) is 0.400. The first-order chi connectivity index (χ1) is 17.8. The largest absolute Gasteiger partial charge is 0.497 e. The average Bonchev–Trinajstić information content (AvgIpc) is 3.54. The van der Waals surface area contributed by atoms with Gasteiger partial charge in [-0.25, -0.2) is 9.37 Å². The van der Waals surface area contributed by atoms with Gasteiger partial charge in [0.05, 0.1) is 24.9 Å². The second kappa shape index (κ2) is 10.0. The molecule has 0 spiro atoms. The van der Waals surface area contributed by atoms with E-state index in [2.05, 4.69) is 24.9 Å². The molecule has 194 valence electrons. The van der Waals surface area contributed by atoms with Crippen LogP contribution in [0, 0.1) is 17.2 Å². The summed E-state index contributed by atoms with van der Waals surface area (Å²) in [5.41, 5.74) is 3.96. The summed E-state index contributed by atoms with van der Waals surface area (Å²) in [4.78, 5) is 16.1. The fourth-order valence-electron chi connectivity index (χ4n) is 5.40. The molecule has 1 aromatic heterocycles. The van der Waals surface area contributed by atoms with Crippen molar-refractivity contribution >= 4 is 11.5 Å². The van der Waals surface area contributed by atoms with Crippen molar-refractivity contribution in [1.82, 2.24) is 9.55 Å². The minimum absolute atomic E-state index is 0.00343. The first-order valence-corrected chi connectivity index (χ1v) is 12.8. The van der Waals surface area contributed by atoms with Gasteiger partial charge in [-0.15, -0.1) is 0 Å². The van der Waals surface area contributed by atoms with E-state index >= 15 is 0 Å². The van der Waals surface area contributed by atoms with Crippen molar-refractivity contribution in [3.05, 3.63) is 77.6 Å². The summed E-state index contributed by atoms with van der Waals surface area (Å²) < 4.78 is 28.3. The second-order valence-electron chi connectivity index (χ2n) is 10.7. The summed E-state index contributed by atoms with van der Waals surface area (Å²) in [5, 5.41) is 9.39. The van der Waals surface area contributed by atoms with Crippen molar-refractivity contribution in [3.63, 3.8) is 0 Å². The maximum atomic E-state index is 15.0. The quantitative estimate of drug-likeness (QED) is 0.330. The predicted molar refractivity (Wildman–Crippen MR) is 140 cm³/mol. The summed E-state index contributed by atoms with van der Waals surface area (Å²) in [7, 11) is 1.56. The maximum Gasteiger partial charge on any atom is 0.303 e. The third-order valence-electron chi connectivity index (χ3n) is 7.61. The highest BCUT2D eigenvalue weighted by atomic mass is 19.1. The maximum absolute atomic E-state index is 15.0. The van der Waals surface area contributed by atoms with Gasteiger partial charge in [0, 0.05) is 6.07 Å². The number of ether oxygens (including phenoxy) is 2. The minimum Gasteiger partial charge on any atom is -0.497 e. The van der Waals surface area contributed by atoms with E-state index in [1.807, 2.05) is 24.3 Å². The lowest BCUT2D eigenvalue weighted by atomic mass is 9.83. The molecule has 2 aliphatic rings. The standard InChI is InChI=1S/C30H33FN2O4/c1-30(2)13-5-8-24(30)29-26(32-18-33(29)27-15-21(36-3)11-12-25(27)31)17-37-22-7-4-6-20(14-22)23(16-28(34)35)19-9-10-19/h4,6-8,11-12,14-15,18-19,23H,5,9-10,13,16-17H2,1-3H3,(H,34,35)/t23-/m0/s1. The molecule has 2 aromatic carbocycles. The molecule has 0 unspecified atom stereocenters. The number of imidazole rings is 1. The van der Waals surface area contributed by atoms with Crippen molar-refractivity contribution in [2.45, 2.75) is 58.5 Å². The van der Waals surface area contributed by atoms with Gasteiger partial charge in [0.15, 0.2) is 0 Å². The number of allylic oxidation sites excluding steroid dienone is 2. The summed E-state index contributed by atoms with van der Waals surface area (Å²) in [5.74, 6) is 0.508. The van der Waals surface area contributed by atoms with Gasteiger partial charge in [0.25, 0.3) is 0 Å². The SMILES string of the molecule is COc1ccc(F)c(-n2cnc(COc3cccc([C@@H](CC(=O)O)C4CC4)c3)c2C2=CCCC2(C)C)c1. The van der Waals surface area contributed by atoms with Crippen LogP contribution in [0.1, 0.15) is 68.8 Å². The molecule has 2 aliphatic carbocycles. The number of methoxy groups -OCH3 is 1. The van der Waals surface area contributed by atoms with Crippen LogP contribution < -0.4 is 9.47 Å². The average molecular weight is 505 g/mol. The van der Waals surface area contributed by atoms with E-state index in [-0.39, 0.29) is 30.2 Å². The smallest absolute Gasteiger partial charge is 0.303 e. The Morgan fingerprint density at radius 3 is 2.70 bits per heavy atom. The molecule has 37 heavy (non-hydrogen) atoms. The van der Waals surface area contributed by atoms with Crippen LogP contribution in [0.3, 0.4) is 0 Å². The number of hydrogen-bond acceptors (Lipinski definition) is 4. The number of hydrogen-bond donors (Lipinski definition) is 1. The van der Waals surface area contributed by atoms with Crippen LogP contribution in [0.4, 0.5) is 4.39 Å². The van der Waals surface area contributed by atoms with Crippen LogP contribution in [0.5, 0.6) is 11.5 Å². The van der Waals surface area contributed by atoms with Crippen LogP contribution in [-0.2, 0) is 11.4 Å². The highest BCUT2D eigenvalue weighted by molar-refractivity contribution is 5.72. The number of carbonyl (C=O) groups is 1. The van der Waals surface area contributed by atoms with E-state index in [9.17, 15) is 14.3 Å². The molecule has 0 aliphatic heterocycles. The molecule has 7 heteroatoms. The van der Waals surface area contributed by atoms with Gasteiger partial charge in [0.1, 0.15) is 35.9 Å². The van der Waals surface area contributed by atoms with Gasteiger partial charge >= 0.3 is 5.97 Å². The van der Waals surface area contributed by atoms with Crippen molar-refractivity contribution in [2.75, 3.05) is 7.11 Å². The summed E-state index contributed by atoms with van der Waals surface area (Å²) in [6.07, 6.45) is 8.06. The van der Waals surface area contributed by atoms with E-state index in [0.717, 1.165) is 48.2 Å². The highest BCUT2D eigenvalue weighted by Crippen LogP contribution is 2.46. The molecule has 1 heterocycles. The molecule has 1 N–H and O–H groups in total. The number of halogens is 1. The Labute approximate surface area is 216 Å². The van der Waals surface area contributed by atoms with E-state index in [1.54, 1.807) is 30.1 Å². The Morgan fingerprint density at radius 2 is 2.03 bits per heavy atom. The van der Waals surface area contributed by atoms with E-state index in [0.29, 0.717) is 23.1 Å². The zero-order valence-electron chi connectivity index (χ0n) is 21.5. The Kier molecular flexibility index (Phi) is 6.80. The van der Waals surface area contributed by atoms with E-state index in [4.69, 9.17) is 9.47 Å². The van der Waals surface area contributed by atoms with E-state index in [1.165, 1.54) is 6.07 Å². The lowest BCUT2D eigenvalue weighted by molar-refractivity contribution is -0.137. The molecular formula is C30H33FN2O4. The van der Waals surface area contributed by atoms with Gasteiger partial charge < -0.3 is 14.6 Å². The summed E-state index contributed by atoms with van der Waals surface area (Å²) >= 11 is 0. The van der Waals surface area contributed by atoms with Crippen molar-refractivity contribution in [1.29, 1.82) is 0 Å². The Morgan fingerprint density at radius 1 is 1.22 bits per heavy atom. The monoisotopic (exact) mass is 504 g/mol. The second-order valence-corrected chi connectivity index (χ2v) is 10.7. The molecule has 6 nitrogen and oxygen atoms in total. The van der Waals surface area contributed by atoms with Crippen LogP contribution in [0.25, 0.3) is 11.3 Å². The van der Waals surface area contributed by atoms with E-state index < -0.39 is 5.97 Å². The zero-order chi connectivity index (χ0) is 26.2. The van der Waals surface area contributed by atoms with Gasteiger partial charge in [-0.3, -0.25) is 9.36 Å². The highest BCUT2D eigenvalue weighted by Gasteiger charge is 2.35. The van der Waals surface area contributed by atoms with Crippen molar-refractivity contribution in [2.24, 2.45) is 11.3 Å². The Bertz CT molecular complexity index is 1340. The van der Waals surface area contributed by atoms with Crippen molar-refractivity contribution in [3.8, 4) is 17.2 Å². The van der Waals surface area contributed by atoms with Crippen LogP contribution in [0.2, 0.25) is 0 Å². The molecule has 0 bridgehead atoms. The first kappa shape index (κ1) is 25.1. The van der Waals surface area contributed by atoms with Crippen molar-refractivity contribution < 1.29 is 23.8 Å². The normalized spacial score (nSPS) is 17.4. The van der Waals surface area contributed by atoms with Gasteiger partial charge in [-0.05, 0) is 78.3 Å². The lowest BCUT2D eigenvalue weighted by Crippen LogP contribution is -2.14. The van der Waals surface area contributed by atoms with Gasteiger partial charge in [0.2, 0.25) is 0 Å². The first-order valence-electron chi connectivity index (χ1n) is 12.8. The number of aliphatic carboxylic acids is 1. The predicted octanol–water partition coefficient (Wildman–Crippen LogP) is 6.77. The lowest BCUT2D eigenvalue weighted by Gasteiger charge is -2.25. The molecule has 0 amide bonds. The molecule has 3 aromatic rings. The molecular weight excluding hydrogens is 471 g/mol. The number of rotatable bonds is 10. The number of carboxylic acid groups (broad SMARTS) is 1. The third-order valence-corrected chi connectivity index (χ3v) is 7.61. The number of benzene rings is 2. The molecule has 1 saturated carbocycles. The molecule has 0 radical (unpaired) electrons. The minimum atomic E-state index is -0.782. The van der Waals surface area contributed by atoms with Gasteiger partial charge in [-0.2, -0.15) is 0 Å². The zero-order valence-corrected chi connectivity index (χ0v) is 21.5. The molecule has 1 atom stereocenters. The molecule has 5 rings (SSSR count). The summed E-state index contributed by atoms with van der Waals surface area (Å²) in [6.45, 7) is 4.59. The Hall–Kier alpha value is -3.61. The van der Waals surface area contributed by atoms with Gasteiger partial charge in [-0.1, -0.05) is 32.1 Å². The summed E-state index contributed by atoms with van der Waals surface area (Å²) in [6, 6.07) is 12.4. The van der Waals surface area contributed by atoms with Crippen LogP contribution >= 0.6 is 0 Å². The number of nitrogens with zero attached hydrogens (tertiary/aromatic N) is 2. The third kappa shape index (κ3) is 5.26. The number of carboxylic acids is 1. The Balaban J connectivity index is 1.47. The molecule has 0 saturated heterocycles. The van der Waals surface area contributed by atoms with Crippen LogP contribution in [0.15, 0.2) is 54.9 Å². The fourth-order valence-corrected chi connectivity index (χ4v) is 5.40.